The number of carbonyl (C=O) groups is 1. The first kappa shape index (κ1) is 19.8. The van der Waals surface area contributed by atoms with E-state index in [2.05, 4.69) is 17.1 Å². The predicted molar refractivity (Wildman–Crippen MR) is 110 cm³/mol. The molecule has 6 heteroatoms. The first-order chi connectivity index (χ1) is 13.3. The van der Waals surface area contributed by atoms with E-state index in [4.69, 9.17) is 0 Å². The Kier molecular flexibility index (Phi) is 5.90. The monoisotopic (exact) mass is 394 g/mol. The molecule has 5 nitrogen and oxygen atoms in total. The van der Waals surface area contributed by atoms with Gasteiger partial charge >= 0.3 is 0 Å². The molecule has 1 heterocycles. The third-order valence-corrected chi connectivity index (χ3v) is 5.07. The molecule has 0 radical (unpaired) electrons. The summed E-state index contributed by atoms with van der Waals surface area (Å²) in [6, 6.07) is 20.3. The third-order valence-electron chi connectivity index (χ3n) is 4.21. The van der Waals surface area contributed by atoms with Crippen molar-refractivity contribution >= 4 is 15.7 Å². The number of hydrogen-bond acceptors (Lipinski definition) is 3. The van der Waals surface area contributed by atoms with Crippen LogP contribution < -0.4 is 5.49 Å². The Labute approximate surface area is 164 Å². The minimum absolute atomic E-state index is 0.104. The fourth-order valence-corrected chi connectivity index (χ4v) is 3.64. The number of carbonyl (C=O) groups excluding carboxylic acids is 1. The zero-order chi connectivity index (χ0) is 20.1. The van der Waals surface area contributed by atoms with Gasteiger partial charge in [0.15, 0.2) is 9.84 Å². The van der Waals surface area contributed by atoms with Crippen LogP contribution in [0.1, 0.15) is 27.0 Å². The van der Waals surface area contributed by atoms with E-state index in [1.807, 2.05) is 42.0 Å². The van der Waals surface area contributed by atoms with Crippen molar-refractivity contribution in [3.05, 3.63) is 101 Å². The number of benzene rings is 2. The highest BCUT2D eigenvalue weighted by atomic mass is 32.2. The number of aromatic nitrogens is 1. The Balaban J connectivity index is 1.90. The van der Waals surface area contributed by atoms with Gasteiger partial charge in [-0.05, 0) is 42.3 Å². The van der Waals surface area contributed by atoms with Gasteiger partial charge < -0.3 is 4.57 Å². The zero-order valence-electron chi connectivity index (χ0n) is 15.9. The van der Waals surface area contributed by atoms with Gasteiger partial charge in [0.05, 0.1) is 5.75 Å². The molecule has 3 rings (SSSR count). The van der Waals surface area contributed by atoms with Gasteiger partial charge in [0.25, 0.3) is 5.91 Å². The Bertz CT molecular complexity index is 1160. The molecule has 0 aliphatic carbocycles. The molecule has 0 bridgehead atoms. The fraction of sp³-hybridized carbons (Fsp3) is 0.182. The normalized spacial score (nSPS) is 12.1. The molecule has 0 saturated heterocycles. The summed E-state index contributed by atoms with van der Waals surface area (Å²) in [7, 11) is -3.17. The van der Waals surface area contributed by atoms with Crippen LogP contribution in [-0.2, 0) is 22.1 Å². The molecule has 2 aromatic carbocycles. The average molecular weight is 394 g/mol. The number of hydrogen-bond donors (Lipinski definition) is 0. The van der Waals surface area contributed by atoms with Crippen LogP contribution >= 0.6 is 0 Å². The lowest BCUT2D eigenvalue weighted by atomic mass is 10.1. The van der Waals surface area contributed by atoms with Crippen LogP contribution in [0.3, 0.4) is 0 Å². The molecule has 0 fully saturated rings. The molecule has 144 valence electrons. The van der Waals surface area contributed by atoms with Gasteiger partial charge in [0.2, 0.25) is 0 Å². The van der Waals surface area contributed by atoms with Crippen molar-refractivity contribution < 1.29 is 13.2 Å². The summed E-state index contributed by atoms with van der Waals surface area (Å²) in [5.74, 6) is -0.508. The second-order valence-electron chi connectivity index (χ2n) is 6.86. The Hall–Kier alpha value is -2.99. The van der Waals surface area contributed by atoms with Crippen LogP contribution in [0.5, 0.6) is 0 Å². The van der Waals surface area contributed by atoms with E-state index in [0.717, 1.165) is 5.56 Å². The van der Waals surface area contributed by atoms with Crippen LogP contribution in [0.4, 0.5) is 0 Å². The van der Waals surface area contributed by atoms with Crippen molar-refractivity contribution in [2.45, 2.75) is 19.2 Å². The van der Waals surface area contributed by atoms with E-state index in [-0.39, 0.29) is 5.75 Å². The van der Waals surface area contributed by atoms with Gasteiger partial charge in [-0.25, -0.2) is 8.42 Å². The highest BCUT2D eigenvalue weighted by molar-refractivity contribution is 7.89. The first-order valence-corrected chi connectivity index (χ1v) is 10.9. The maximum Gasteiger partial charge on any atom is 0.278 e. The summed E-state index contributed by atoms with van der Waals surface area (Å²) in [6.45, 7) is 2.64. The Morgan fingerprint density at radius 3 is 2.43 bits per heavy atom. The summed E-state index contributed by atoms with van der Waals surface area (Å²) in [6.07, 6.45) is 3.05. The molecule has 28 heavy (non-hydrogen) atoms. The summed E-state index contributed by atoms with van der Waals surface area (Å²) < 4.78 is 24.9. The Morgan fingerprint density at radius 2 is 1.71 bits per heavy atom. The summed E-state index contributed by atoms with van der Waals surface area (Å²) in [5.41, 5.74) is 3.79. The lowest BCUT2D eigenvalue weighted by Crippen LogP contribution is -2.22. The molecule has 1 amide bonds. The van der Waals surface area contributed by atoms with Gasteiger partial charge in [-0.15, -0.1) is 0 Å². The molecular formula is C22H22N2O3S. The molecule has 0 N–H and O–H groups in total. The summed E-state index contributed by atoms with van der Waals surface area (Å²) in [4.78, 5) is 16.9. The SMILES string of the molecule is Cc1ccc(Cn2ccccc2=NC(=O)c2cccc(CS(C)(=O)=O)c2)cc1. The molecule has 0 unspecified atom stereocenters. The van der Waals surface area contributed by atoms with Crippen LogP contribution in [0, 0.1) is 6.92 Å². The molecule has 3 aromatic rings. The number of pyridine rings is 1. The van der Waals surface area contributed by atoms with Crippen molar-refractivity contribution in [1.82, 2.24) is 4.57 Å². The van der Waals surface area contributed by atoms with Gasteiger partial charge in [0.1, 0.15) is 5.49 Å². The molecule has 0 saturated carbocycles. The molecule has 1 aromatic heterocycles. The average Bonchev–Trinajstić information content (AvgIpc) is 2.64. The van der Waals surface area contributed by atoms with E-state index >= 15 is 0 Å². The van der Waals surface area contributed by atoms with Crippen LogP contribution in [-0.4, -0.2) is 25.1 Å². The van der Waals surface area contributed by atoms with E-state index in [1.54, 1.807) is 30.3 Å². The highest BCUT2D eigenvalue weighted by Crippen LogP contribution is 2.10. The minimum atomic E-state index is -3.17. The van der Waals surface area contributed by atoms with Crippen molar-refractivity contribution in [3.8, 4) is 0 Å². The maximum atomic E-state index is 12.7. The number of nitrogens with zero attached hydrogens (tertiary/aromatic N) is 2. The van der Waals surface area contributed by atoms with Crippen molar-refractivity contribution in [1.29, 1.82) is 0 Å². The number of sulfone groups is 1. The van der Waals surface area contributed by atoms with Crippen molar-refractivity contribution in [2.24, 2.45) is 4.99 Å². The van der Waals surface area contributed by atoms with E-state index in [1.165, 1.54) is 11.8 Å². The highest BCUT2D eigenvalue weighted by Gasteiger charge is 2.09. The van der Waals surface area contributed by atoms with Gasteiger partial charge in [0, 0.05) is 24.6 Å². The number of aryl methyl sites for hydroxylation is 1. The number of rotatable bonds is 5. The van der Waals surface area contributed by atoms with E-state index in [9.17, 15) is 13.2 Å². The van der Waals surface area contributed by atoms with Crippen LogP contribution in [0.15, 0.2) is 77.9 Å². The largest absolute Gasteiger partial charge is 0.328 e. The Morgan fingerprint density at radius 1 is 0.964 bits per heavy atom. The fourth-order valence-electron chi connectivity index (χ4n) is 2.86. The predicted octanol–water partition coefficient (Wildman–Crippen LogP) is 3.13. The zero-order valence-corrected chi connectivity index (χ0v) is 16.7. The smallest absolute Gasteiger partial charge is 0.278 e. The third kappa shape index (κ3) is 5.50. The number of amides is 1. The van der Waals surface area contributed by atoms with Crippen molar-refractivity contribution in [3.63, 3.8) is 0 Å². The van der Waals surface area contributed by atoms with E-state index < -0.39 is 15.7 Å². The van der Waals surface area contributed by atoms with Gasteiger partial charge in [-0.1, -0.05) is 48.0 Å². The van der Waals surface area contributed by atoms with Crippen LogP contribution in [0.2, 0.25) is 0 Å². The molecule has 0 atom stereocenters. The summed E-state index contributed by atoms with van der Waals surface area (Å²) in [5, 5.41) is 0. The second kappa shape index (κ2) is 8.35. The van der Waals surface area contributed by atoms with Gasteiger partial charge in [-0.2, -0.15) is 4.99 Å². The molecule has 0 spiro atoms. The maximum absolute atomic E-state index is 12.7. The standard InChI is InChI=1S/C22H22N2O3S/c1-17-9-11-18(12-10-17)15-24-13-4-3-8-21(24)23-22(25)20-7-5-6-19(14-20)16-28(2,26)27/h3-14H,15-16H2,1-2H3. The minimum Gasteiger partial charge on any atom is -0.328 e. The van der Waals surface area contributed by atoms with Crippen molar-refractivity contribution in [2.75, 3.05) is 6.26 Å². The van der Waals surface area contributed by atoms with Gasteiger partial charge in [-0.3, -0.25) is 4.79 Å². The molecule has 0 aliphatic rings. The molecular weight excluding hydrogens is 372 g/mol. The first-order valence-electron chi connectivity index (χ1n) is 8.87. The molecule has 0 aliphatic heterocycles. The quantitative estimate of drug-likeness (QED) is 0.668. The lowest BCUT2D eigenvalue weighted by Gasteiger charge is -2.08. The summed E-state index contributed by atoms with van der Waals surface area (Å²) >= 11 is 0. The van der Waals surface area contributed by atoms with E-state index in [0.29, 0.717) is 23.2 Å². The second-order valence-corrected chi connectivity index (χ2v) is 9.00. The van der Waals surface area contributed by atoms with Crippen LogP contribution in [0.25, 0.3) is 0 Å². The lowest BCUT2D eigenvalue weighted by molar-refractivity contribution is 0.0997. The topological polar surface area (TPSA) is 68.5 Å².